The number of nitrogens with one attached hydrogen (secondary N) is 1. The van der Waals surface area contributed by atoms with Crippen LogP contribution in [0.15, 0.2) is 24.3 Å². The summed E-state index contributed by atoms with van der Waals surface area (Å²) in [6, 6.07) is 7.56. The maximum absolute atomic E-state index is 13.4. The van der Waals surface area contributed by atoms with E-state index in [9.17, 15) is 4.39 Å². The van der Waals surface area contributed by atoms with Gasteiger partial charge in [0.05, 0.1) is 12.7 Å². The van der Waals surface area contributed by atoms with Crippen LogP contribution >= 0.6 is 0 Å². The number of halogens is 1. The summed E-state index contributed by atoms with van der Waals surface area (Å²) >= 11 is 0. The smallest absolute Gasteiger partial charge is 0.149 e. The first-order chi connectivity index (χ1) is 6.83. The number of hydrogen-bond acceptors (Lipinski definition) is 2. The Balaban J connectivity index is 2.31. The Bertz CT molecular complexity index is 316. The lowest BCUT2D eigenvalue weighted by Crippen LogP contribution is -2.26. The molecule has 0 spiro atoms. The predicted octanol–water partition coefficient (Wildman–Crippen LogP) is 1.99. The molecule has 2 nitrogen and oxygen atoms in total. The van der Waals surface area contributed by atoms with Gasteiger partial charge in [-0.25, -0.2) is 4.39 Å². The van der Waals surface area contributed by atoms with Crippen LogP contribution in [0.2, 0.25) is 0 Å². The van der Waals surface area contributed by atoms with Crippen LogP contribution in [0.4, 0.5) is 4.39 Å². The Labute approximate surface area is 83.1 Å². The predicted molar refractivity (Wildman–Crippen MR) is 52.9 cm³/mol. The van der Waals surface area contributed by atoms with Crippen molar-refractivity contribution in [3.8, 4) is 0 Å². The molecule has 0 unspecified atom stereocenters. The number of likely N-dealkylation sites (N-methyl/N-ethyl adjacent to an activating group) is 1. The minimum absolute atomic E-state index is 0.0109. The van der Waals surface area contributed by atoms with Crippen molar-refractivity contribution in [2.75, 3.05) is 20.2 Å². The molecule has 1 N–H and O–H groups in total. The molecule has 0 bridgehead atoms. The van der Waals surface area contributed by atoms with Gasteiger partial charge in [0.15, 0.2) is 0 Å². The molecule has 76 valence electrons. The molecule has 0 fully saturated rings. The number of alkyl halides is 1. The van der Waals surface area contributed by atoms with E-state index in [0.717, 1.165) is 17.7 Å². The summed E-state index contributed by atoms with van der Waals surface area (Å²) in [6.07, 6.45) is -0.984. The van der Waals surface area contributed by atoms with E-state index in [4.69, 9.17) is 4.74 Å². The standard InChI is InChI=1S/C11H14FNO/c1-13-6-11-9-5-3-2-4-8(9)10(12)7-14-11/h2-5,10-11,13H,6-7H2,1H3/t10-,11-/m1/s1. The zero-order valence-electron chi connectivity index (χ0n) is 8.16. The van der Waals surface area contributed by atoms with Crippen molar-refractivity contribution in [2.24, 2.45) is 0 Å². The molecule has 1 aliphatic rings. The van der Waals surface area contributed by atoms with Gasteiger partial charge in [0.25, 0.3) is 0 Å². The van der Waals surface area contributed by atoms with E-state index in [1.807, 2.05) is 31.3 Å². The number of benzene rings is 1. The molecule has 0 saturated carbocycles. The summed E-state index contributed by atoms with van der Waals surface area (Å²) in [5.74, 6) is 0. The molecule has 0 radical (unpaired) electrons. The Morgan fingerprint density at radius 3 is 2.86 bits per heavy atom. The van der Waals surface area contributed by atoms with Crippen molar-refractivity contribution in [3.05, 3.63) is 35.4 Å². The summed E-state index contributed by atoms with van der Waals surface area (Å²) in [6.45, 7) is 0.896. The normalized spacial score (nSPS) is 25.9. The third kappa shape index (κ3) is 1.65. The monoisotopic (exact) mass is 195 g/mol. The molecule has 1 aromatic rings. The van der Waals surface area contributed by atoms with Gasteiger partial charge in [-0.15, -0.1) is 0 Å². The van der Waals surface area contributed by atoms with Crippen LogP contribution in [-0.4, -0.2) is 20.2 Å². The first-order valence-electron chi connectivity index (χ1n) is 4.82. The third-order valence-electron chi connectivity index (χ3n) is 2.51. The van der Waals surface area contributed by atoms with Crippen LogP contribution in [0.5, 0.6) is 0 Å². The fourth-order valence-corrected chi connectivity index (χ4v) is 1.82. The van der Waals surface area contributed by atoms with Gasteiger partial charge in [0.2, 0.25) is 0 Å². The van der Waals surface area contributed by atoms with Gasteiger partial charge >= 0.3 is 0 Å². The van der Waals surface area contributed by atoms with Crippen molar-refractivity contribution in [1.29, 1.82) is 0 Å². The summed E-state index contributed by atoms with van der Waals surface area (Å²) in [5.41, 5.74) is 1.75. The van der Waals surface area contributed by atoms with Crippen LogP contribution < -0.4 is 5.32 Å². The number of fused-ring (bicyclic) bond motifs is 1. The zero-order valence-corrected chi connectivity index (χ0v) is 8.16. The third-order valence-corrected chi connectivity index (χ3v) is 2.51. The molecule has 1 aliphatic heterocycles. The lowest BCUT2D eigenvalue weighted by atomic mass is 9.96. The maximum Gasteiger partial charge on any atom is 0.149 e. The lowest BCUT2D eigenvalue weighted by molar-refractivity contribution is 0.000545. The van der Waals surface area contributed by atoms with Crippen LogP contribution in [0, 0.1) is 0 Å². The van der Waals surface area contributed by atoms with E-state index >= 15 is 0 Å². The van der Waals surface area contributed by atoms with E-state index in [2.05, 4.69) is 5.32 Å². The van der Waals surface area contributed by atoms with Crippen LogP contribution in [0.1, 0.15) is 23.4 Å². The van der Waals surface area contributed by atoms with Crippen LogP contribution in [0.25, 0.3) is 0 Å². The van der Waals surface area contributed by atoms with E-state index in [1.54, 1.807) is 0 Å². The number of rotatable bonds is 2. The average molecular weight is 195 g/mol. The fraction of sp³-hybridized carbons (Fsp3) is 0.455. The molecule has 14 heavy (non-hydrogen) atoms. The average Bonchev–Trinajstić information content (AvgIpc) is 2.23. The van der Waals surface area contributed by atoms with Gasteiger partial charge in [-0.3, -0.25) is 0 Å². The second kappa shape index (κ2) is 4.07. The highest BCUT2D eigenvalue weighted by molar-refractivity contribution is 5.33. The van der Waals surface area contributed by atoms with E-state index in [1.165, 1.54) is 0 Å². The molecule has 0 amide bonds. The van der Waals surface area contributed by atoms with Crippen molar-refractivity contribution in [2.45, 2.75) is 12.3 Å². The van der Waals surface area contributed by atoms with Crippen LogP contribution in [0.3, 0.4) is 0 Å². The Morgan fingerprint density at radius 1 is 1.43 bits per heavy atom. The first-order valence-corrected chi connectivity index (χ1v) is 4.82. The highest BCUT2D eigenvalue weighted by atomic mass is 19.1. The van der Waals surface area contributed by atoms with Gasteiger partial charge in [-0.1, -0.05) is 24.3 Å². The molecule has 1 aromatic carbocycles. The van der Waals surface area contributed by atoms with Crippen molar-refractivity contribution < 1.29 is 9.13 Å². The second-order valence-corrected chi connectivity index (χ2v) is 3.48. The molecular formula is C11H14FNO. The Kier molecular flexibility index (Phi) is 2.79. The summed E-state index contributed by atoms with van der Waals surface area (Å²) in [4.78, 5) is 0. The van der Waals surface area contributed by atoms with Gasteiger partial charge in [-0.2, -0.15) is 0 Å². The first kappa shape index (κ1) is 9.62. The highest BCUT2D eigenvalue weighted by Crippen LogP contribution is 2.33. The minimum atomic E-state index is -0.973. The molecule has 0 saturated heterocycles. The molecular weight excluding hydrogens is 181 g/mol. The molecule has 2 atom stereocenters. The molecule has 3 heteroatoms. The van der Waals surface area contributed by atoms with E-state index in [-0.39, 0.29) is 12.7 Å². The van der Waals surface area contributed by atoms with Crippen molar-refractivity contribution >= 4 is 0 Å². The topological polar surface area (TPSA) is 21.3 Å². The van der Waals surface area contributed by atoms with Gasteiger partial charge < -0.3 is 10.1 Å². The molecule has 0 aliphatic carbocycles. The van der Waals surface area contributed by atoms with Crippen LogP contribution in [-0.2, 0) is 4.74 Å². The highest BCUT2D eigenvalue weighted by Gasteiger charge is 2.26. The van der Waals surface area contributed by atoms with Gasteiger partial charge in [0.1, 0.15) is 6.17 Å². The van der Waals surface area contributed by atoms with Crippen molar-refractivity contribution in [3.63, 3.8) is 0 Å². The van der Waals surface area contributed by atoms with E-state index in [0.29, 0.717) is 0 Å². The number of ether oxygens (including phenoxy) is 1. The second-order valence-electron chi connectivity index (χ2n) is 3.48. The number of hydrogen-bond donors (Lipinski definition) is 1. The lowest BCUT2D eigenvalue weighted by Gasteiger charge is -2.28. The molecule has 2 rings (SSSR count). The van der Waals surface area contributed by atoms with Gasteiger partial charge in [-0.05, 0) is 18.2 Å². The quantitative estimate of drug-likeness (QED) is 0.779. The SMILES string of the molecule is CNC[C@H]1OC[C@@H](F)c2ccccc21. The summed E-state index contributed by atoms with van der Waals surface area (Å²) in [5, 5.41) is 3.05. The molecule has 0 aromatic heterocycles. The van der Waals surface area contributed by atoms with E-state index < -0.39 is 6.17 Å². The van der Waals surface area contributed by atoms with Gasteiger partial charge in [0, 0.05) is 6.54 Å². The molecule has 1 heterocycles. The summed E-state index contributed by atoms with van der Waals surface area (Å²) < 4.78 is 18.9. The minimum Gasteiger partial charge on any atom is -0.369 e. The zero-order chi connectivity index (χ0) is 9.97. The van der Waals surface area contributed by atoms with Crippen molar-refractivity contribution in [1.82, 2.24) is 5.32 Å². The Morgan fingerprint density at radius 2 is 2.14 bits per heavy atom. The Hall–Kier alpha value is -0.930. The fourth-order valence-electron chi connectivity index (χ4n) is 1.82. The largest absolute Gasteiger partial charge is 0.369 e. The summed E-state index contributed by atoms with van der Waals surface area (Å²) in [7, 11) is 1.87. The maximum atomic E-state index is 13.4.